The van der Waals surface area contributed by atoms with E-state index in [4.69, 9.17) is 9.90 Å². The van der Waals surface area contributed by atoms with E-state index in [0.29, 0.717) is 6.54 Å². The molecule has 2 rings (SSSR count). The van der Waals surface area contributed by atoms with Gasteiger partial charge in [0, 0.05) is 18.3 Å². The highest BCUT2D eigenvalue weighted by atomic mass is 28.3. The first-order chi connectivity index (χ1) is 11.4. The number of rotatable bonds is 2. The van der Waals surface area contributed by atoms with Gasteiger partial charge >= 0.3 is 17.8 Å². The molecule has 2 heterocycles. The van der Waals surface area contributed by atoms with Gasteiger partial charge in [0.15, 0.2) is 0 Å². The first-order valence-corrected chi connectivity index (χ1v) is 11.2. The molecule has 1 aromatic heterocycles. The lowest BCUT2D eigenvalue weighted by molar-refractivity contribution is -0.192. The Morgan fingerprint density at radius 1 is 1.28 bits per heavy atom. The zero-order valence-corrected chi connectivity index (χ0v) is 15.1. The average molecular weight is 381 g/mol. The minimum absolute atomic E-state index is 0.319. The van der Waals surface area contributed by atoms with E-state index < -0.39 is 25.9 Å². The van der Waals surface area contributed by atoms with E-state index in [1.807, 2.05) is 0 Å². The van der Waals surface area contributed by atoms with E-state index in [9.17, 15) is 22.8 Å². The van der Waals surface area contributed by atoms with Gasteiger partial charge in [0.05, 0.1) is 8.07 Å². The quantitative estimate of drug-likeness (QED) is 0.674. The molecule has 0 bridgehead atoms. The summed E-state index contributed by atoms with van der Waals surface area (Å²) in [6.45, 7) is 6.55. The third kappa shape index (κ3) is 8.16. The monoisotopic (exact) mass is 381 g/mol. The van der Waals surface area contributed by atoms with Crippen LogP contribution in [0.3, 0.4) is 0 Å². The lowest BCUT2D eigenvalue weighted by atomic mass is 10.3. The van der Waals surface area contributed by atoms with Crippen molar-refractivity contribution >= 4 is 14.0 Å². The smallest absolute Gasteiger partial charge is 0.475 e. The minimum Gasteiger partial charge on any atom is -0.475 e. The van der Waals surface area contributed by atoms with Crippen LogP contribution in [0.15, 0.2) is 15.7 Å². The number of H-pyrrole nitrogens is 2. The lowest BCUT2D eigenvalue weighted by Crippen LogP contribution is -2.41. The number of alkyl halides is 3. The molecule has 0 aromatic carbocycles. The van der Waals surface area contributed by atoms with Gasteiger partial charge in [0.2, 0.25) is 0 Å². The second-order valence-corrected chi connectivity index (χ2v) is 11.9. The van der Waals surface area contributed by atoms with Crippen molar-refractivity contribution in [1.82, 2.24) is 14.9 Å². The van der Waals surface area contributed by atoms with Crippen molar-refractivity contribution in [1.29, 1.82) is 0 Å². The Balaban J connectivity index is 0.000000381. The minimum atomic E-state index is -5.08. The standard InChI is InChI=1S/C12H21N3O2Si.C2HF3O2/c1-18(2)6-4-3-5-15(9-18)8-10-7-11(16)14-12(17)13-10;3-2(4,5)1(6)7/h7H,3-6,8-9H2,1-2H3,(H2,13,14,16,17);(H,6,7). The molecule has 0 radical (unpaired) electrons. The highest BCUT2D eigenvalue weighted by Gasteiger charge is 2.38. The summed E-state index contributed by atoms with van der Waals surface area (Å²) >= 11 is 0. The number of carboxylic acid groups (broad SMARTS) is 1. The Morgan fingerprint density at radius 2 is 1.88 bits per heavy atom. The molecule has 1 fully saturated rings. The van der Waals surface area contributed by atoms with Crippen molar-refractivity contribution in [2.75, 3.05) is 12.7 Å². The molecule has 1 aliphatic rings. The zero-order valence-electron chi connectivity index (χ0n) is 14.1. The Hall–Kier alpha value is -1.88. The Labute approximate surface area is 142 Å². The second-order valence-electron chi connectivity index (χ2n) is 6.75. The van der Waals surface area contributed by atoms with Gasteiger partial charge in [-0.2, -0.15) is 13.2 Å². The fraction of sp³-hybridized carbons (Fsp3) is 0.643. The maximum absolute atomic E-state index is 11.3. The lowest BCUT2D eigenvalue weighted by Gasteiger charge is -2.27. The van der Waals surface area contributed by atoms with Gasteiger partial charge in [-0.3, -0.25) is 9.78 Å². The largest absolute Gasteiger partial charge is 0.490 e. The van der Waals surface area contributed by atoms with Crippen molar-refractivity contribution in [3.8, 4) is 0 Å². The number of halogens is 3. The molecule has 0 saturated carbocycles. The van der Waals surface area contributed by atoms with E-state index in [0.717, 1.165) is 18.4 Å². The molecule has 1 aliphatic heterocycles. The highest BCUT2D eigenvalue weighted by molar-refractivity contribution is 6.77. The third-order valence-electron chi connectivity index (χ3n) is 3.68. The summed E-state index contributed by atoms with van der Waals surface area (Å²) < 4.78 is 31.7. The Bertz CT molecular complexity index is 671. The topological polar surface area (TPSA) is 106 Å². The van der Waals surface area contributed by atoms with Crippen LogP contribution in [0.2, 0.25) is 19.1 Å². The maximum Gasteiger partial charge on any atom is 0.490 e. The third-order valence-corrected chi connectivity index (χ3v) is 6.69. The number of aromatic amines is 2. The van der Waals surface area contributed by atoms with E-state index in [1.54, 1.807) is 0 Å². The van der Waals surface area contributed by atoms with Gasteiger partial charge < -0.3 is 15.0 Å². The number of nitrogens with zero attached hydrogens (tertiary/aromatic N) is 1. The number of carbonyl (C=O) groups is 1. The number of carboxylic acids is 1. The van der Waals surface area contributed by atoms with Crippen molar-refractivity contribution in [3.63, 3.8) is 0 Å². The molecule has 0 unspecified atom stereocenters. The molecule has 0 aliphatic carbocycles. The van der Waals surface area contributed by atoms with Gasteiger partial charge in [-0.1, -0.05) is 25.6 Å². The van der Waals surface area contributed by atoms with Crippen LogP contribution >= 0.6 is 0 Å². The van der Waals surface area contributed by atoms with E-state index in [1.165, 1.54) is 25.0 Å². The highest BCUT2D eigenvalue weighted by Crippen LogP contribution is 2.20. The summed E-state index contributed by atoms with van der Waals surface area (Å²) in [6, 6.07) is 2.86. The van der Waals surface area contributed by atoms with Crippen LogP contribution in [-0.2, 0) is 11.3 Å². The molecule has 0 amide bonds. The molecule has 25 heavy (non-hydrogen) atoms. The number of hydrogen-bond acceptors (Lipinski definition) is 4. The number of aromatic nitrogens is 2. The maximum atomic E-state index is 11.3. The van der Waals surface area contributed by atoms with Crippen LogP contribution in [-0.4, -0.2) is 52.9 Å². The van der Waals surface area contributed by atoms with Crippen molar-refractivity contribution in [2.24, 2.45) is 0 Å². The summed E-state index contributed by atoms with van der Waals surface area (Å²) in [4.78, 5) is 38.7. The van der Waals surface area contributed by atoms with Crippen molar-refractivity contribution in [2.45, 2.75) is 44.7 Å². The first kappa shape index (κ1) is 21.2. The van der Waals surface area contributed by atoms with Crippen molar-refractivity contribution < 1.29 is 23.1 Å². The van der Waals surface area contributed by atoms with Gasteiger partial charge in [0.1, 0.15) is 0 Å². The average Bonchev–Trinajstić information content (AvgIpc) is 2.57. The summed E-state index contributed by atoms with van der Waals surface area (Å²) in [6.07, 6.45) is -1.42. The SMILES string of the molecule is C[Si]1(C)CCCCN(Cc2cc(=O)[nH]c(=O)[nH]2)C1.O=C(O)C(F)(F)F. The van der Waals surface area contributed by atoms with Gasteiger partial charge in [-0.25, -0.2) is 9.59 Å². The summed E-state index contributed by atoms with van der Waals surface area (Å²) in [5, 5.41) is 7.12. The molecule has 3 N–H and O–H groups in total. The van der Waals surface area contributed by atoms with E-state index >= 15 is 0 Å². The van der Waals surface area contributed by atoms with E-state index in [-0.39, 0.29) is 5.56 Å². The Kier molecular flexibility index (Phi) is 7.17. The molecular weight excluding hydrogens is 359 g/mol. The molecular formula is C14H22F3N3O4Si. The van der Waals surface area contributed by atoms with Crippen molar-refractivity contribution in [3.05, 3.63) is 32.6 Å². The van der Waals surface area contributed by atoms with Gasteiger partial charge in [0.25, 0.3) is 5.56 Å². The van der Waals surface area contributed by atoms with Crippen LogP contribution in [0.1, 0.15) is 18.5 Å². The number of aliphatic carboxylic acids is 1. The molecule has 0 spiro atoms. The van der Waals surface area contributed by atoms with Gasteiger partial charge in [-0.05, 0) is 19.1 Å². The van der Waals surface area contributed by atoms with Crippen LogP contribution < -0.4 is 11.2 Å². The van der Waals surface area contributed by atoms with Crippen LogP contribution in [0.4, 0.5) is 13.2 Å². The van der Waals surface area contributed by atoms with Crippen LogP contribution in [0, 0.1) is 0 Å². The molecule has 7 nitrogen and oxygen atoms in total. The fourth-order valence-electron chi connectivity index (χ4n) is 2.68. The summed E-state index contributed by atoms with van der Waals surface area (Å²) in [7, 11) is -1.14. The predicted molar refractivity (Wildman–Crippen MR) is 88.2 cm³/mol. The Morgan fingerprint density at radius 3 is 2.40 bits per heavy atom. The fourth-order valence-corrected chi connectivity index (χ4v) is 5.53. The molecule has 142 valence electrons. The molecule has 0 atom stereocenters. The molecule has 11 heteroatoms. The summed E-state index contributed by atoms with van der Waals surface area (Å²) in [5.41, 5.74) is -0.0145. The normalized spacial score (nSPS) is 18.0. The molecule has 1 saturated heterocycles. The first-order valence-electron chi connectivity index (χ1n) is 7.74. The summed E-state index contributed by atoms with van der Waals surface area (Å²) in [5.74, 6) is -2.76. The van der Waals surface area contributed by atoms with Gasteiger partial charge in [-0.15, -0.1) is 0 Å². The zero-order chi connectivity index (χ0) is 19.3. The predicted octanol–water partition coefficient (Wildman–Crippen LogP) is 1.54. The number of nitrogens with one attached hydrogen (secondary N) is 2. The van der Waals surface area contributed by atoms with Crippen LogP contribution in [0.5, 0.6) is 0 Å². The number of hydrogen-bond donors (Lipinski definition) is 3. The molecule has 1 aromatic rings. The van der Waals surface area contributed by atoms with Crippen LogP contribution in [0.25, 0.3) is 0 Å². The second kappa shape index (κ2) is 8.47. The van der Waals surface area contributed by atoms with E-state index in [2.05, 4.69) is 28.0 Å².